The highest BCUT2D eigenvalue weighted by atomic mass is 16.6. The Balaban J connectivity index is 1.59. The highest BCUT2D eigenvalue weighted by molar-refractivity contribution is 5.91. The highest BCUT2D eigenvalue weighted by Gasteiger charge is 2.27. The Morgan fingerprint density at radius 3 is 3.05 bits per heavy atom. The van der Waals surface area contributed by atoms with E-state index in [1.807, 2.05) is 12.1 Å². The Morgan fingerprint density at radius 1 is 1.32 bits per heavy atom. The van der Waals surface area contributed by atoms with Crippen molar-refractivity contribution in [3.8, 4) is 11.5 Å². The molecule has 4 heterocycles. The van der Waals surface area contributed by atoms with E-state index in [9.17, 15) is 4.79 Å². The topological polar surface area (TPSA) is 98.2 Å². The molecule has 8 nitrogen and oxygen atoms in total. The molecule has 0 bridgehead atoms. The molecule has 0 fully saturated rings. The van der Waals surface area contributed by atoms with E-state index < -0.39 is 0 Å². The normalized spacial score (nSPS) is 13.9. The van der Waals surface area contributed by atoms with E-state index >= 15 is 0 Å². The molecule has 3 aromatic rings. The molecule has 1 amide bonds. The summed E-state index contributed by atoms with van der Waals surface area (Å²) in [5.41, 5.74) is 1.77. The first-order valence-electron chi connectivity index (χ1n) is 6.77. The fourth-order valence-corrected chi connectivity index (χ4v) is 2.41. The minimum absolute atomic E-state index is 0.194. The lowest BCUT2D eigenvalue weighted by atomic mass is 10.1. The molecule has 0 aromatic carbocycles. The number of fused-ring (bicyclic) bond motifs is 1. The molecule has 8 heteroatoms. The van der Waals surface area contributed by atoms with E-state index in [2.05, 4.69) is 24.9 Å². The molecule has 0 spiro atoms. The molecule has 0 unspecified atom stereocenters. The standard InChI is InChI=1S/C14H11N5O3/c20-14(10-7-16-22-18-10)19-5-3-12-11(8-19)17-13(21-12)9-2-1-4-15-6-9/h1-2,4,6-7H,3,5,8H2. The van der Waals surface area contributed by atoms with Gasteiger partial charge in [-0.2, -0.15) is 0 Å². The predicted molar refractivity (Wildman–Crippen MR) is 72.5 cm³/mol. The van der Waals surface area contributed by atoms with Crippen molar-refractivity contribution in [3.05, 3.63) is 47.9 Å². The van der Waals surface area contributed by atoms with Crippen molar-refractivity contribution in [1.82, 2.24) is 25.2 Å². The second-order valence-corrected chi connectivity index (χ2v) is 4.90. The molecule has 0 saturated heterocycles. The van der Waals surface area contributed by atoms with Gasteiger partial charge < -0.3 is 9.32 Å². The average molecular weight is 297 g/mol. The third-order valence-electron chi connectivity index (χ3n) is 3.50. The van der Waals surface area contributed by atoms with Crippen molar-refractivity contribution in [2.75, 3.05) is 6.54 Å². The van der Waals surface area contributed by atoms with Crippen LogP contribution in [0.3, 0.4) is 0 Å². The van der Waals surface area contributed by atoms with Gasteiger partial charge in [-0.25, -0.2) is 9.61 Å². The minimum atomic E-state index is -0.224. The Hall–Kier alpha value is -3.03. The van der Waals surface area contributed by atoms with Gasteiger partial charge in [-0.1, -0.05) is 5.16 Å². The van der Waals surface area contributed by atoms with Crippen LogP contribution in [0.15, 0.2) is 39.8 Å². The van der Waals surface area contributed by atoms with Gasteiger partial charge in [-0.05, 0) is 17.3 Å². The number of rotatable bonds is 2. The van der Waals surface area contributed by atoms with Crippen molar-refractivity contribution in [2.24, 2.45) is 0 Å². The van der Waals surface area contributed by atoms with Crippen LogP contribution in [-0.2, 0) is 13.0 Å². The van der Waals surface area contributed by atoms with Gasteiger partial charge in [0.1, 0.15) is 17.7 Å². The molecular weight excluding hydrogens is 286 g/mol. The summed E-state index contributed by atoms with van der Waals surface area (Å²) in [6.45, 7) is 0.922. The van der Waals surface area contributed by atoms with Gasteiger partial charge in [0.15, 0.2) is 5.69 Å². The second-order valence-electron chi connectivity index (χ2n) is 4.90. The fraction of sp³-hybridized carbons (Fsp3) is 0.214. The predicted octanol–water partition coefficient (Wildman–Crippen LogP) is 1.32. The molecule has 0 N–H and O–H groups in total. The Morgan fingerprint density at radius 2 is 2.27 bits per heavy atom. The minimum Gasteiger partial charge on any atom is -0.441 e. The number of pyridine rings is 1. The summed E-state index contributed by atoms with van der Waals surface area (Å²) in [6, 6.07) is 3.71. The molecule has 0 atom stereocenters. The number of nitrogens with zero attached hydrogens (tertiary/aromatic N) is 5. The van der Waals surface area contributed by atoms with Gasteiger partial charge in [0.25, 0.3) is 5.91 Å². The van der Waals surface area contributed by atoms with E-state index in [4.69, 9.17) is 4.42 Å². The Bertz CT molecular complexity index is 797. The van der Waals surface area contributed by atoms with E-state index in [1.165, 1.54) is 6.20 Å². The average Bonchev–Trinajstić information content (AvgIpc) is 3.23. The van der Waals surface area contributed by atoms with Crippen molar-refractivity contribution in [1.29, 1.82) is 0 Å². The highest BCUT2D eigenvalue weighted by Crippen LogP contribution is 2.26. The van der Waals surface area contributed by atoms with Crippen LogP contribution >= 0.6 is 0 Å². The van der Waals surface area contributed by atoms with Crippen LogP contribution < -0.4 is 0 Å². The monoisotopic (exact) mass is 297 g/mol. The maximum Gasteiger partial charge on any atom is 0.278 e. The summed E-state index contributed by atoms with van der Waals surface area (Å²) >= 11 is 0. The van der Waals surface area contributed by atoms with E-state index in [1.54, 1.807) is 17.3 Å². The second kappa shape index (κ2) is 5.06. The zero-order chi connectivity index (χ0) is 14.9. The lowest BCUT2D eigenvalue weighted by molar-refractivity contribution is 0.0716. The summed E-state index contributed by atoms with van der Waals surface area (Å²) in [5, 5.41) is 7.02. The first-order valence-corrected chi connectivity index (χ1v) is 6.77. The third-order valence-corrected chi connectivity index (χ3v) is 3.50. The Labute approximate surface area is 124 Å². The van der Waals surface area contributed by atoms with Gasteiger partial charge in [0.2, 0.25) is 5.89 Å². The number of carbonyl (C=O) groups is 1. The lowest BCUT2D eigenvalue weighted by Crippen LogP contribution is -2.36. The smallest absolute Gasteiger partial charge is 0.278 e. The van der Waals surface area contributed by atoms with E-state index in [0.717, 1.165) is 17.0 Å². The molecule has 0 saturated carbocycles. The molecule has 4 rings (SSSR count). The maximum absolute atomic E-state index is 12.2. The first-order chi connectivity index (χ1) is 10.8. The molecule has 0 radical (unpaired) electrons. The summed E-state index contributed by atoms with van der Waals surface area (Å²) in [7, 11) is 0. The van der Waals surface area contributed by atoms with Gasteiger partial charge in [0, 0.05) is 25.4 Å². The van der Waals surface area contributed by atoms with Crippen molar-refractivity contribution in [3.63, 3.8) is 0 Å². The first kappa shape index (κ1) is 12.7. The van der Waals surface area contributed by atoms with Crippen molar-refractivity contribution < 1.29 is 13.8 Å². The number of hydrogen-bond donors (Lipinski definition) is 0. The van der Waals surface area contributed by atoms with Crippen molar-refractivity contribution >= 4 is 5.91 Å². The lowest BCUT2D eigenvalue weighted by Gasteiger charge is -2.24. The van der Waals surface area contributed by atoms with Crippen molar-refractivity contribution in [2.45, 2.75) is 13.0 Å². The van der Waals surface area contributed by atoms with Crippen LogP contribution in [-0.4, -0.2) is 37.6 Å². The number of oxazole rings is 1. The quantitative estimate of drug-likeness (QED) is 0.703. The number of carbonyl (C=O) groups excluding carboxylic acids is 1. The van der Waals surface area contributed by atoms with E-state index in [-0.39, 0.29) is 11.6 Å². The molecule has 22 heavy (non-hydrogen) atoms. The third kappa shape index (κ3) is 2.14. The molecular formula is C14H11N5O3. The van der Waals surface area contributed by atoms with Gasteiger partial charge in [0.05, 0.1) is 12.1 Å². The van der Waals surface area contributed by atoms with Crippen LogP contribution in [0.2, 0.25) is 0 Å². The largest absolute Gasteiger partial charge is 0.441 e. The molecule has 1 aliphatic rings. The van der Waals surface area contributed by atoms with Crippen LogP contribution in [0.5, 0.6) is 0 Å². The summed E-state index contributed by atoms with van der Waals surface area (Å²) in [4.78, 5) is 22.4. The molecule has 3 aromatic heterocycles. The maximum atomic E-state index is 12.2. The van der Waals surface area contributed by atoms with Gasteiger partial charge in [-0.3, -0.25) is 9.78 Å². The fourth-order valence-electron chi connectivity index (χ4n) is 2.41. The molecule has 1 aliphatic heterocycles. The molecule has 0 aliphatic carbocycles. The van der Waals surface area contributed by atoms with Gasteiger partial charge in [-0.15, -0.1) is 0 Å². The van der Waals surface area contributed by atoms with E-state index in [0.29, 0.717) is 25.4 Å². The Kier molecular flexibility index (Phi) is 2.92. The van der Waals surface area contributed by atoms with Crippen LogP contribution in [0.1, 0.15) is 21.9 Å². The SMILES string of the molecule is O=C(c1cnon1)N1CCc2oc(-c3cccnc3)nc2C1. The summed E-state index contributed by atoms with van der Waals surface area (Å²) in [5.74, 6) is 1.11. The summed E-state index contributed by atoms with van der Waals surface area (Å²) < 4.78 is 10.2. The van der Waals surface area contributed by atoms with Crippen LogP contribution in [0.25, 0.3) is 11.5 Å². The number of amides is 1. The zero-order valence-corrected chi connectivity index (χ0v) is 11.5. The van der Waals surface area contributed by atoms with Gasteiger partial charge >= 0.3 is 0 Å². The van der Waals surface area contributed by atoms with Crippen LogP contribution in [0, 0.1) is 0 Å². The zero-order valence-electron chi connectivity index (χ0n) is 11.5. The summed E-state index contributed by atoms with van der Waals surface area (Å²) in [6.07, 6.45) is 5.31. The molecule has 110 valence electrons. The number of aromatic nitrogens is 4. The van der Waals surface area contributed by atoms with Crippen LogP contribution in [0.4, 0.5) is 0 Å². The number of hydrogen-bond acceptors (Lipinski definition) is 7.